The van der Waals surface area contributed by atoms with Crippen molar-refractivity contribution < 1.29 is 14.3 Å². The standard InChI is InChI=1S/C24H19N3O3S/c1-16-7-10-19(11-8-16)27-23(17-5-3-2-4-6-17)25-26-24(27)31-14-20(28)18-9-12-21-22(13-18)30-15-29-21/h2-13H,14-15H2,1H3. The van der Waals surface area contributed by atoms with E-state index in [9.17, 15) is 4.79 Å². The van der Waals surface area contributed by atoms with Crippen molar-refractivity contribution in [1.29, 1.82) is 0 Å². The molecule has 5 rings (SSSR count). The highest BCUT2D eigenvalue weighted by Gasteiger charge is 2.19. The van der Waals surface area contributed by atoms with E-state index in [1.165, 1.54) is 17.3 Å². The van der Waals surface area contributed by atoms with Crippen LogP contribution in [-0.2, 0) is 0 Å². The zero-order valence-corrected chi connectivity index (χ0v) is 17.6. The molecular formula is C24H19N3O3S. The first-order valence-electron chi connectivity index (χ1n) is 9.82. The lowest BCUT2D eigenvalue weighted by atomic mass is 10.1. The number of benzene rings is 3. The molecule has 0 aliphatic carbocycles. The Balaban J connectivity index is 1.44. The predicted molar refractivity (Wildman–Crippen MR) is 119 cm³/mol. The average Bonchev–Trinajstić information content (AvgIpc) is 3.45. The number of carbonyl (C=O) groups is 1. The van der Waals surface area contributed by atoms with Crippen LogP contribution in [0.2, 0.25) is 0 Å². The number of ether oxygens (including phenoxy) is 2. The largest absolute Gasteiger partial charge is 0.454 e. The monoisotopic (exact) mass is 429 g/mol. The van der Waals surface area contributed by atoms with Gasteiger partial charge in [0.05, 0.1) is 5.75 Å². The van der Waals surface area contributed by atoms with Crippen molar-refractivity contribution in [2.24, 2.45) is 0 Å². The zero-order chi connectivity index (χ0) is 21.2. The molecule has 0 N–H and O–H groups in total. The van der Waals surface area contributed by atoms with Crippen molar-refractivity contribution in [2.75, 3.05) is 12.5 Å². The Morgan fingerprint density at radius 3 is 2.55 bits per heavy atom. The van der Waals surface area contributed by atoms with Gasteiger partial charge >= 0.3 is 0 Å². The lowest BCUT2D eigenvalue weighted by Crippen LogP contribution is -2.05. The van der Waals surface area contributed by atoms with Crippen LogP contribution in [0.3, 0.4) is 0 Å². The van der Waals surface area contributed by atoms with E-state index in [0.29, 0.717) is 22.2 Å². The van der Waals surface area contributed by atoms with Crippen LogP contribution >= 0.6 is 11.8 Å². The number of ketones is 1. The third-order valence-electron chi connectivity index (χ3n) is 4.98. The topological polar surface area (TPSA) is 66.2 Å². The normalized spacial score (nSPS) is 12.2. The van der Waals surface area contributed by atoms with Gasteiger partial charge in [0.15, 0.2) is 28.3 Å². The minimum Gasteiger partial charge on any atom is -0.454 e. The molecule has 7 heteroatoms. The number of hydrogen-bond acceptors (Lipinski definition) is 6. The molecular weight excluding hydrogens is 410 g/mol. The van der Waals surface area contributed by atoms with Crippen molar-refractivity contribution >= 4 is 17.5 Å². The van der Waals surface area contributed by atoms with Gasteiger partial charge in [-0.1, -0.05) is 59.8 Å². The molecule has 0 unspecified atom stereocenters. The van der Waals surface area contributed by atoms with Gasteiger partial charge in [-0.3, -0.25) is 9.36 Å². The Kier molecular flexibility index (Phi) is 5.18. The van der Waals surface area contributed by atoms with E-state index in [-0.39, 0.29) is 18.3 Å². The van der Waals surface area contributed by atoms with Crippen LogP contribution < -0.4 is 9.47 Å². The lowest BCUT2D eigenvalue weighted by molar-refractivity contribution is 0.102. The van der Waals surface area contributed by atoms with Crippen molar-refractivity contribution in [2.45, 2.75) is 12.1 Å². The molecule has 0 fully saturated rings. The summed E-state index contributed by atoms with van der Waals surface area (Å²) in [6.45, 7) is 2.23. The summed E-state index contributed by atoms with van der Waals surface area (Å²) in [6, 6.07) is 23.3. The highest BCUT2D eigenvalue weighted by molar-refractivity contribution is 7.99. The molecule has 1 aromatic heterocycles. The number of hydrogen-bond donors (Lipinski definition) is 0. The molecule has 154 valence electrons. The second-order valence-corrected chi connectivity index (χ2v) is 8.07. The third kappa shape index (κ3) is 3.92. The smallest absolute Gasteiger partial charge is 0.231 e. The lowest BCUT2D eigenvalue weighted by Gasteiger charge is -2.11. The van der Waals surface area contributed by atoms with Crippen LogP contribution in [0.15, 0.2) is 78.0 Å². The quantitative estimate of drug-likeness (QED) is 0.319. The minimum absolute atomic E-state index is 0.0111. The number of Topliss-reactive ketones (excluding diaryl/α,β-unsaturated/α-hetero) is 1. The second-order valence-electron chi connectivity index (χ2n) is 7.12. The van der Waals surface area contributed by atoms with Crippen molar-refractivity contribution in [3.8, 4) is 28.6 Å². The Morgan fingerprint density at radius 1 is 0.968 bits per heavy atom. The second kappa shape index (κ2) is 8.28. The number of rotatable bonds is 6. The molecule has 0 bridgehead atoms. The fourth-order valence-corrected chi connectivity index (χ4v) is 4.19. The number of aromatic nitrogens is 3. The minimum atomic E-state index is -0.0111. The number of fused-ring (bicyclic) bond motifs is 1. The first-order chi connectivity index (χ1) is 15.2. The van der Waals surface area contributed by atoms with Gasteiger partial charge in [0.1, 0.15) is 0 Å². The molecule has 0 amide bonds. The molecule has 31 heavy (non-hydrogen) atoms. The summed E-state index contributed by atoms with van der Waals surface area (Å²) in [5, 5.41) is 9.48. The van der Waals surface area contributed by atoms with Crippen LogP contribution in [0.5, 0.6) is 11.5 Å². The fourth-order valence-electron chi connectivity index (χ4n) is 3.35. The van der Waals surface area contributed by atoms with E-state index in [2.05, 4.69) is 22.3 Å². The summed E-state index contributed by atoms with van der Waals surface area (Å²) in [6.07, 6.45) is 0. The number of nitrogens with zero attached hydrogens (tertiary/aromatic N) is 3. The Labute approximate surface area is 183 Å². The van der Waals surface area contributed by atoms with Gasteiger partial charge in [0.2, 0.25) is 6.79 Å². The van der Waals surface area contributed by atoms with Gasteiger partial charge in [-0.25, -0.2) is 0 Å². The highest BCUT2D eigenvalue weighted by atomic mass is 32.2. The third-order valence-corrected chi connectivity index (χ3v) is 5.91. The van der Waals surface area contributed by atoms with E-state index in [1.807, 2.05) is 54.0 Å². The SMILES string of the molecule is Cc1ccc(-n2c(SCC(=O)c3ccc4c(c3)OCO4)nnc2-c2ccccc2)cc1. The molecule has 1 aliphatic rings. The number of thioether (sulfide) groups is 1. The first-order valence-corrected chi connectivity index (χ1v) is 10.8. The maximum atomic E-state index is 12.8. The van der Waals surface area contributed by atoms with E-state index in [0.717, 1.165) is 17.1 Å². The summed E-state index contributed by atoms with van der Waals surface area (Å²) in [5.41, 5.74) is 3.67. The first kappa shape index (κ1) is 19.4. The summed E-state index contributed by atoms with van der Waals surface area (Å²) in [7, 11) is 0. The summed E-state index contributed by atoms with van der Waals surface area (Å²) >= 11 is 1.37. The van der Waals surface area contributed by atoms with Crippen molar-refractivity contribution in [1.82, 2.24) is 14.8 Å². The fraction of sp³-hybridized carbons (Fsp3) is 0.125. The molecule has 0 atom stereocenters. The molecule has 4 aromatic rings. The van der Waals surface area contributed by atoms with E-state index in [4.69, 9.17) is 9.47 Å². The van der Waals surface area contributed by atoms with Crippen LogP contribution in [0.1, 0.15) is 15.9 Å². The van der Waals surface area contributed by atoms with Gasteiger partial charge in [-0.2, -0.15) is 0 Å². The van der Waals surface area contributed by atoms with Gasteiger partial charge < -0.3 is 9.47 Å². The van der Waals surface area contributed by atoms with Crippen molar-refractivity contribution in [3.05, 3.63) is 83.9 Å². The maximum absolute atomic E-state index is 12.8. The average molecular weight is 430 g/mol. The van der Waals surface area contributed by atoms with Crippen LogP contribution in [0.4, 0.5) is 0 Å². The molecule has 0 saturated carbocycles. The summed E-state index contributed by atoms with van der Waals surface area (Å²) in [5.74, 6) is 2.23. The number of aryl methyl sites for hydroxylation is 1. The Hall–Kier alpha value is -3.58. The highest BCUT2D eigenvalue weighted by Crippen LogP contribution is 2.33. The van der Waals surface area contributed by atoms with Crippen LogP contribution in [-0.4, -0.2) is 33.1 Å². The van der Waals surface area contributed by atoms with E-state index in [1.54, 1.807) is 18.2 Å². The molecule has 0 saturated heterocycles. The zero-order valence-electron chi connectivity index (χ0n) is 16.8. The molecule has 0 radical (unpaired) electrons. The van der Waals surface area contributed by atoms with Crippen LogP contribution in [0, 0.1) is 6.92 Å². The van der Waals surface area contributed by atoms with E-state index < -0.39 is 0 Å². The molecule has 1 aliphatic heterocycles. The molecule has 6 nitrogen and oxygen atoms in total. The van der Waals surface area contributed by atoms with Gasteiger partial charge in [-0.15, -0.1) is 10.2 Å². The number of carbonyl (C=O) groups excluding carboxylic acids is 1. The molecule has 3 aromatic carbocycles. The molecule has 2 heterocycles. The Morgan fingerprint density at radius 2 is 1.74 bits per heavy atom. The summed E-state index contributed by atoms with van der Waals surface area (Å²) < 4.78 is 12.7. The maximum Gasteiger partial charge on any atom is 0.231 e. The van der Waals surface area contributed by atoms with E-state index >= 15 is 0 Å². The van der Waals surface area contributed by atoms with Crippen molar-refractivity contribution in [3.63, 3.8) is 0 Å². The van der Waals surface area contributed by atoms with Gasteiger partial charge in [0, 0.05) is 16.8 Å². The summed E-state index contributed by atoms with van der Waals surface area (Å²) in [4.78, 5) is 12.8. The van der Waals surface area contributed by atoms with Gasteiger partial charge in [0.25, 0.3) is 0 Å². The van der Waals surface area contributed by atoms with Gasteiger partial charge in [-0.05, 0) is 37.3 Å². The molecule has 0 spiro atoms. The predicted octanol–water partition coefficient (Wildman–Crippen LogP) is 4.95. The Bertz CT molecular complexity index is 1240. The van der Waals surface area contributed by atoms with Crippen LogP contribution in [0.25, 0.3) is 17.1 Å².